The van der Waals surface area contributed by atoms with Gasteiger partial charge in [-0.05, 0) is 48.2 Å². The number of hydrogen-bond donors (Lipinski definition) is 1. The summed E-state index contributed by atoms with van der Waals surface area (Å²) in [5, 5.41) is 13.4. The Labute approximate surface area is 188 Å². The third kappa shape index (κ3) is 6.41. The summed E-state index contributed by atoms with van der Waals surface area (Å²) in [5.41, 5.74) is 5.47. The van der Waals surface area contributed by atoms with Gasteiger partial charge in [0.2, 0.25) is 0 Å². The van der Waals surface area contributed by atoms with Crippen LogP contribution in [-0.4, -0.2) is 35.0 Å². The molecule has 6 nitrogen and oxygen atoms in total. The lowest BCUT2D eigenvalue weighted by Gasteiger charge is -2.12. The van der Waals surface area contributed by atoms with Gasteiger partial charge in [-0.25, -0.2) is 0 Å². The van der Waals surface area contributed by atoms with Crippen molar-refractivity contribution >= 4 is 11.7 Å². The summed E-state index contributed by atoms with van der Waals surface area (Å²) in [7, 11) is 0. The molecule has 0 bridgehead atoms. The summed E-state index contributed by atoms with van der Waals surface area (Å²) in [6.07, 6.45) is 3.52. The average Bonchev–Trinajstić information content (AvgIpc) is 2.81. The average molecular weight is 433 g/mol. The van der Waals surface area contributed by atoms with E-state index in [2.05, 4.69) is 17.1 Å². The fourth-order valence-corrected chi connectivity index (χ4v) is 3.33. The number of aliphatic carboxylic acids is 1. The largest absolute Gasteiger partial charge is 0.490 e. The van der Waals surface area contributed by atoms with Gasteiger partial charge in [0.15, 0.2) is 6.61 Å². The SMILES string of the molecule is CCCC(=NOCCOc1cccc(CC(=O)O)c1C)c1ccc(-c2ccccn2)cc1. The number of benzene rings is 2. The third-order valence-electron chi connectivity index (χ3n) is 5.01. The van der Waals surface area contributed by atoms with Crippen LogP contribution < -0.4 is 4.74 Å². The van der Waals surface area contributed by atoms with Crippen molar-refractivity contribution in [3.63, 3.8) is 0 Å². The van der Waals surface area contributed by atoms with Crippen molar-refractivity contribution in [2.24, 2.45) is 5.16 Å². The molecule has 1 heterocycles. The molecule has 0 saturated heterocycles. The van der Waals surface area contributed by atoms with Crippen LogP contribution in [0.2, 0.25) is 0 Å². The maximum atomic E-state index is 11.0. The number of rotatable bonds is 11. The first-order valence-electron chi connectivity index (χ1n) is 10.7. The zero-order valence-corrected chi connectivity index (χ0v) is 18.5. The van der Waals surface area contributed by atoms with Gasteiger partial charge in [0.25, 0.3) is 0 Å². The molecular weight excluding hydrogens is 404 g/mol. The Morgan fingerprint density at radius 2 is 1.84 bits per heavy atom. The number of carboxylic acids is 1. The molecule has 1 aromatic heterocycles. The second kappa shape index (κ2) is 11.6. The molecule has 2 aromatic carbocycles. The van der Waals surface area contributed by atoms with E-state index in [1.807, 2.05) is 55.5 Å². The Morgan fingerprint density at radius 3 is 2.53 bits per heavy atom. The smallest absolute Gasteiger partial charge is 0.307 e. The fourth-order valence-electron chi connectivity index (χ4n) is 3.33. The van der Waals surface area contributed by atoms with Crippen LogP contribution in [0.25, 0.3) is 11.3 Å². The highest BCUT2D eigenvalue weighted by molar-refractivity contribution is 6.00. The second-order valence-corrected chi connectivity index (χ2v) is 7.37. The van der Waals surface area contributed by atoms with Gasteiger partial charge in [-0.2, -0.15) is 0 Å². The lowest BCUT2D eigenvalue weighted by atomic mass is 10.0. The zero-order valence-electron chi connectivity index (χ0n) is 18.5. The highest BCUT2D eigenvalue weighted by atomic mass is 16.6. The van der Waals surface area contributed by atoms with Crippen molar-refractivity contribution in [1.29, 1.82) is 0 Å². The number of nitrogens with zero attached hydrogens (tertiary/aromatic N) is 2. The molecule has 32 heavy (non-hydrogen) atoms. The predicted molar refractivity (Wildman–Crippen MR) is 125 cm³/mol. The molecule has 0 fully saturated rings. The van der Waals surface area contributed by atoms with Crippen LogP contribution in [-0.2, 0) is 16.1 Å². The van der Waals surface area contributed by atoms with Gasteiger partial charge >= 0.3 is 5.97 Å². The first-order valence-corrected chi connectivity index (χ1v) is 10.7. The topological polar surface area (TPSA) is 81.0 Å². The standard InChI is InChI=1S/C26H28N2O4/c1-3-7-24(21-13-11-20(12-14-21)23-9-4-5-15-27-23)28-32-17-16-31-25-10-6-8-22(19(25)2)18-26(29)30/h4-6,8-15H,3,7,16-18H2,1-2H3,(H,29,30). The molecule has 0 spiro atoms. The van der Waals surface area contributed by atoms with Crippen molar-refractivity contribution in [1.82, 2.24) is 4.98 Å². The Bertz CT molecular complexity index is 1050. The summed E-state index contributed by atoms with van der Waals surface area (Å²) in [6.45, 7) is 4.58. The third-order valence-corrected chi connectivity index (χ3v) is 5.01. The summed E-state index contributed by atoms with van der Waals surface area (Å²) < 4.78 is 5.78. The van der Waals surface area contributed by atoms with E-state index in [0.29, 0.717) is 19.0 Å². The molecule has 0 aliphatic rings. The number of pyridine rings is 1. The molecule has 6 heteroatoms. The van der Waals surface area contributed by atoms with Gasteiger partial charge in [-0.1, -0.05) is 61.0 Å². The van der Waals surface area contributed by atoms with E-state index >= 15 is 0 Å². The van der Waals surface area contributed by atoms with Crippen LogP contribution >= 0.6 is 0 Å². The van der Waals surface area contributed by atoms with Gasteiger partial charge in [0.1, 0.15) is 12.4 Å². The number of carbonyl (C=O) groups is 1. The summed E-state index contributed by atoms with van der Waals surface area (Å²) in [6, 6.07) is 19.4. The molecule has 0 atom stereocenters. The number of aromatic nitrogens is 1. The van der Waals surface area contributed by atoms with Crippen molar-refractivity contribution in [2.75, 3.05) is 13.2 Å². The van der Waals surface area contributed by atoms with Crippen molar-refractivity contribution in [3.8, 4) is 17.0 Å². The number of carboxylic acid groups (broad SMARTS) is 1. The Morgan fingerprint density at radius 1 is 1.03 bits per heavy atom. The van der Waals surface area contributed by atoms with E-state index in [9.17, 15) is 4.79 Å². The highest BCUT2D eigenvalue weighted by Gasteiger charge is 2.09. The Kier molecular flexibility index (Phi) is 8.37. The predicted octanol–water partition coefficient (Wildman–Crippen LogP) is 5.28. The minimum absolute atomic E-state index is 0.0245. The number of oxime groups is 1. The van der Waals surface area contributed by atoms with Crippen LogP contribution in [0.3, 0.4) is 0 Å². The highest BCUT2D eigenvalue weighted by Crippen LogP contribution is 2.22. The van der Waals surface area contributed by atoms with Crippen LogP contribution in [0.4, 0.5) is 0 Å². The van der Waals surface area contributed by atoms with Crippen LogP contribution in [0.1, 0.15) is 36.5 Å². The van der Waals surface area contributed by atoms with E-state index < -0.39 is 5.97 Å². The minimum atomic E-state index is -0.862. The summed E-state index contributed by atoms with van der Waals surface area (Å²) in [5.74, 6) is -0.199. The maximum Gasteiger partial charge on any atom is 0.307 e. The normalized spacial score (nSPS) is 11.2. The Balaban J connectivity index is 1.57. The zero-order chi connectivity index (χ0) is 22.8. The van der Waals surface area contributed by atoms with Crippen LogP contribution in [0.15, 0.2) is 72.0 Å². The molecule has 3 rings (SSSR count). The number of ether oxygens (including phenoxy) is 1. The first kappa shape index (κ1) is 23.0. The van der Waals surface area contributed by atoms with Gasteiger partial charge in [0, 0.05) is 11.8 Å². The van der Waals surface area contributed by atoms with E-state index in [4.69, 9.17) is 14.7 Å². The van der Waals surface area contributed by atoms with Gasteiger partial charge in [-0.3, -0.25) is 9.78 Å². The molecule has 0 radical (unpaired) electrons. The van der Waals surface area contributed by atoms with Gasteiger partial charge in [0.05, 0.1) is 17.8 Å². The van der Waals surface area contributed by atoms with Crippen molar-refractivity contribution in [3.05, 3.63) is 83.6 Å². The monoisotopic (exact) mass is 432 g/mol. The van der Waals surface area contributed by atoms with E-state index in [0.717, 1.165) is 46.5 Å². The molecule has 1 N–H and O–H groups in total. The maximum absolute atomic E-state index is 11.0. The first-order chi connectivity index (χ1) is 15.6. The van der Waals surface area contributed by atoms with E-state index in [1.54, 1.807) is 18.3 Å². The van der Waals surface area contributed by atoms with Gasteiger partial charge < -0.3 is 14.7 Å². The van der Waals surface area contributed by atoms with Gasteiger partial charge in [-0.15, -0.1) is 0 Å². The molecule has 0 aliphatic heterocycles. The van der Waals surface area contributed by atoms with E-state index in [-0.39, 0.29) is 6.42 Å². The quantitative estimate of drug-likeness (QED) is 0.253. The molecule has 166 valence electrons. The lowest BCUT2D eigenvalue weighted by molar-refractivity contribution is -0.136. The minimum Gasteiger partial charge on any atom is -0.490 e. The summed E-state index contributed by atoms with van der Waals surface area (Å²) in [4.78, 5) is 20.9. The second-order valence-electron chi connectivity index (χ2n) is 7.37. The lowest BCUT2D eigenvalue weighted by Crippen LogP contribution is -2.09. The molecule has 0 amide bonds. The molecule has 3 aromatic rings. The Hall–Kier alpha value is -3.67. The summed E-state index contributed by atoms with van der Waals surface area (Å²) >= 11 is 0. The van der Waals surface area contributed by atoms with Crippen molar-refractivity contribution in [2.45, 2.75) is 33.1 Å². The fraction of sp³-hybridized carbons (Fsp3) is 0.269. The molecule has 0 saturated carbocycles. The number of hydrogen-bond acceptors (Lipinski definition) is 5. The van der Waals surface area contributed by atoms with Crippen LogP contribution in [0.5, 0.6) is 5.75 Å². The molecular formula is C26H28N2O4. The molecule has 0 unspecified atom stereocenters. The van der Waals surface area contributed by atoms with E-state index in [1.165, 1.54) is 0 Å². The molecule has 0 aliphatic carbocycles. The van der Waals surface area contributed by atoms with Crippen LogP contribution in [0, 0.1) is 6.92 Å². The van der Waals surface area contributed by atoms with Crippen molar-refractivity contribution < 1.29 is 19.5 Å².